The second-order valence-corrected chi connectivity index (χ2v) is 5.10. The smallest absolute Gasteiger partial charge is 0.255 e. The Balaban J connectivity index is 2.14. The zero-order valence-corrected chi connectivity index (χ0v) is 11.6. The number of hydrogen-bond donors (Lipinski definition) is 1. The number of rotatable bonds is 3. The van der Waals surface area contributed by atoms with Gasteiger partial charge < -0.3 is 5.32 Å². The number of carbonyl (C=O) groups is 1. The van der Waals surface area contributed by atoms with Crippen LogP contribution in [0.2, 0.25) is 0 Å². The van der Waals surface area contributed by atoms with Crippen LogP contribution in [0.25, 0.3) is 0 Å². The SMILES string of the molecule is Cc1ccc(C(=O)Nc2cccc(C(C)C)c2)cc1. The fourth-order valence-corrected chi connectivity index (χ4v) is 1.88. The quantitative estimate of drug-likeness (QED) is 0.864. The fourth-order valence-electron chi connectivity index (χ4n) is 1.88. The summed E-state index contributed by atoms with van der Waals surface area (Å²) in [6.07, 6.45) is 0. The minimum absolute atomic E-state index is 0.0686. The van der Waals surface area contributed by atoms with Crippen LogP contribution in [0.1, 0.15) is 41.3 Å². The normalized spacial score (nSPS) is 10.5. The molecule has 0 bridgehead atoms. The number of benzene rings is 2. The molecular formula is C17H19NO. The van der Waals surface area contributed by atoms with Gasteiger partial charge in [-0.1, -0.05) is 43.7 Å². The molecule has 0 saturated carbocycles. The van der Waals surface area contributed by atoms with Gasteiger partial charge >= 0.3 is 0 Å². The molecule has 0 atom stereocenters. The van der Waals surface area contributed by atoms with Gasteiger partial charge in [0.05, 0.1) is 0 Å². The average Bonchev–Trinajstić information content (AvgIpc) is 2.39. The van der Waals surface area contributed by atoms with Crippen molar-refractivity contribution in [3.63, 3.8) is 0 Å². The van der Waals surface area contributed by atoms with Gasteiger partial charge in [0.25, 0.3) is 5.91 Å². The molecule has 0 radical (unpaired) electrons. The molecule has 1 N–H and O–H groups in total. The zero-order valence-electron chi connectivity index (χ0n) is 11.6. The first-order valence-corrected chi connectivity index (χ1v) is 6.54. The summed E-state index contributed by atoms with van der Waals surface area (Å²) < 4.78 is 0. The number of aryl methyl sites for hydroxylation is 1. The lowest BCUT2D eigenvalue weighted by Crippen LogP contribution is -2.11. The molecule has 0 aromatic heterocycles. The highest BCUT2D eigenvalue weighted by atomic mass is 16.1. The van der Waals surface area contributed by atoms with Crippen LogP contribution in [0.15, 0.2) is 48.5 Å². The summed E-state index contributed by atoms with van der Waals surface area (Å²) in [7, 11) is 0. The summed E-state index contributed by atoms with van der Waals surface area (Å²) in [5.74, 6) is 0.386. The van der Waals surface area contributed by atoms with E-state index in [9.17, 15) is 4.79 Å². The van der Waals surface area contributed by atoms with Crippen molar-refractivity contribution in [2.75, 3.05) is 5.32 Å². The molecule has 0 aliphatic rings. The van der Waals surface area contributed by atoms with Crippen LogP contribution in [0.3, 0.4) is 0 Å². The summed E-state index contributed by atoms with van der Waals surface area (Å²) in [5, 5.41) is 2.93. The minimum atomic E-state index is -0.0686. The summed E-state index contributed by atoms with van der Waals surface area (Å²) in [6, 6.07) is 15.6. The van der Waals surface area contributed by atoms with Gasteiger partial charge in [-0.2, -0.15) is 0 Å². The summed E-state index contributed by atoms with van der Waals surface area (Å²) in [4.78, 5) is 12.1. The largest absolute Gasteiger partial charge is 0.322 e. The maximum absolute atomic E-state index is 12.1. The third-order valence-electron chi connectivity index (χ3n) is 3.12. The predicted octanol–water partition coefficient (Wildman–Crippen LogP) is 4.37. The van der Waals surface area contributed by atoms with Crippen molar-refractivity contribution in [3.8, 4) is 0 Å². The van der Waals surface area contributed by atoms with Crippen molar-refractivity contribution in [3.05, 3.63) is 65.2 Å². The Labute approximate surface area is 114 Å². The maximum Gasteiger partial charge on any atom is 0.255 e. The fraction of sp³-hybridized carbons (Fsp3) is 0.235. The van der Waals surface area contributed by atoms with E-state index in [1.54, 1.807) is 0 Å². The van der Waals surface area contributed by atoms with E-state index in [-0.39, 0.29) is 5.91 Å². The molecule has 0 spiro atoms. The highest BCUT2D eigenvalue weighted by Crippen LogP contribution is 2.19. The molecule has 0 fully saturated rings. The second-order valence-electron chi connectivity index (χ2n) is 5.10. The minimum Gasteiger partial charge on any atom is -0.322 e. The lowest BCUT2D eigenvalue weighted by molar-refractivity contribution is 0.102. The van der Waals surface area contributed by atoms with Crippen molar-refractivity contribution in [2.45, 2.75) is 26.7 Å². The molecule has 1 amide bonds. The lowest BCUT2D eigenvalue weighted by atomic mass is 10.0. The Bertz CT molecular complexity index is 570. The Kier molecular flexibility index (Phi) is 4.00. The van der Waals surface area contributed by atoms with Gasteiger partial charge in [0.2, 0.25) is 0 Å². The second kappa shape index (κ2) is 5.70. The van der Waals surface area contributed by atoms with Crippen LogP contribution in [-0.4, -0.2) is 5.91 Å². The first-order chi connectivity index (χ1) is 9.06. The first-order valence-electron chi connectivity index (χ1n) is 6.54. The highest BCUT2D eigenvalue weighted by Gasteiger charge is 2.06. The molecule has 0 heterocycles. The highest BCUT2D eigenvalue weighted by molar-refractivity contribution is 6.04. The topological polar surface area (TPSA) is 29.1 Å². The van der Waals surface area contributed by atoms with Gasteiger partial charge in [0, 0.05) is 11.3 Å². The van der Waals surface area contributed by atoms with Crippen molar-refractivity contribution in [2.24, 2.45) is 0 Å². The molecule has 0 saturated heterocycles. The van der Waals surface area contributed by atoms with Crippen molar-refractivity contribution < 1.29 is 4.79 Å². The summed E-state index contributed by atoms with van der Waals surface area (Å²) in [5.41, 5.74) is 3.90. The van der Waals surface area contributed by atoms with Crippen LogP contribution < -0.4 is 5.32 Å². The van der Waals surface area contributed by atoms with Crippen LogP contribution in [-0.2, 0) is 0 Å². The molecule has 0 aliphatic carbocycles. The Hall–Kier alpha value is -2.09. The summed E-state index contributed by atoms with van der Waals surface area (Å²) in [6.45, 7) is 6.29. The maximum atomic E-state index is 12.1. The third kappa shape index (κ3) is 3.44. The lowest BCUT2D eigenvalue weighted by Gasteiger charge is -2.09. The molecule has 2 rings (SSSR count). The first kappa shape index (κ1) is 13.3. The van der Waals surface area contributed by atoms with Gasteiger partial charge in [0.1, 0.15) is 0 Å². The van der Waals surface area contributed by atoms with Gasteiger partial charge in [-0.25, -0.2) is 0 Å². The van der Waals surface area contributed by atoms with E-state index in [4.69, 9.17) is 0 Å². The number of nitrogens with one attached hydrogen (secondary N) is 1. The Morgan fingerprint density at radius 3 is 2.37 bits per heavy atom. The zero-order chi connectivity index (χ0) is 13.8. The number of hydrogen-bond acceptors (Lipinski definition) is 1. The van der Waals surface area contributed by atoms with E-state index in [0.717, 1.165) is 11.3 Å². The monoisotopic (exact) mass is 253 g/mol. The molecule has 2 aromatic carbocycles. The van der Waals surface area contributed by atoms with Gasteiger partial charge in [-0.05, 0) is 42.7 Å². The van der Waals surface area contributed by atoms with Crippen LogP contribution in [0, 0.1) is 6.92 Å². The molecule has 2 heteroatoms. The molecule has 2 nitrogen and oxygen atoms in total. The molecular weight excluding hydrogens is 234 g/mol. The van der Waals surface area contributed by atoms with Crippen LogP contribution in [0.5, 0.6) is 0 Å². The molecule has 0 unspecified atom stereocenters. The van der Waals surface area contributed by atoms with E-state index in [1.807, 2.05) is 49.4 Å². The molecule has 0 aliphatic heterocycles. The van der Waals surface area contributed by atoms with E-state index in [2.05, 4.69) is 25.2 Å². The average molecular weight is 253 g/mol. The number of amides is 1. The molecule has 98 valence electrons. The molecule has 2 aromatic rings. The standard InChI is InChI=1S/C17H19NO/c1-12(2)15-5-4-6-16(11-15)18-17(19)14-9-7-13(3)8-10-14/h4-12H,1-3H3,(H,18,19). The van der Waals surface area contributed by atoms with E-state index < -0.39 is 0 Å². The Morgan fingerprint density at radius 1 is 1.05 bits per heavy atom. The van der Waals surface area contributed by atoms with Crippen LogP contribution in [0.4, 0.5) is 5.69 Å². The predicted molar refractivity (Wildman–Crippen MR) is 79.7 cm³/mol. The van der Waals surface area contributed by atoms with Gasteiger partial charge in [-0.15, -0.1) is 0 Å². The van der Waals surface area contributed by atoms with Crippen molar-refractivity contribution in [1.29, 1.82) is 0 Å². The van der Waals surface area contributed by atoms with E-state index in [0.29, 0.717) is 11.5 Å². The summed E-state index contributed by atoms with van der Waals surface area (Å²) >= 11 is 0. The van der Waals surface area contributed by atoms with E-state index >= 15 is 0 Å². The van der Waals surface area contributed by atoms with Crippen molar-refractivity contribution >= 4 is 11.6 Å². The van der Waals surface area contributed by atoms with Crippen molar-refractivity contribution in [1.82, 2.24) is 0 Å². The van der Waals surface area contributed by atoms with E-state index in [1.165, 1.54) is 5.56 Å². The third-order valence-corrected chi connectivity index (χ3v) is 3.12. The molecule has 19 heavy (non-hydrogen) atoms. The number of anilines is 1. The Morgan fingerprint density at radius 2 is 1.74 bits per heavy atom. The number of carbonyl (C=O) groups excluding carboxylic acids is 1. The van der Waals surface area contributed by atoms with Crippen LogP contribution >= 0.6 is 0 Å². The van der Waals surface area contributed by atoms with Gasteiger partial charge in [-0.3, -0.25) is 4.79 Å². The van der Waals surface area contributed by atoms with Gasteiger partial charge in [0.15, 0.2) is 0 Å².